The molecule has 3 unspecified atom stereocenters. The summed E-state index contributed by atoms with van der Waals surface area (Å²) < 4.78 is 5.42. The second-order valence-electron chi connectivity index (χ2n) is 5.95. The number of hydrogen-bond donors (Lipinski definition) is 1. The summed E-state index contributed by atoms with van der Waals surface area (Å²) in [5.74, 6) is 0.956. The third-order valence-electron chi connectivity index (χ3n) is 4.62. The summed E-state index contributed by atoms with van der Waals surface area (Å²) in [6.07, 6.45) is 5.21. The predicted octanol–water partition coefficient (Wildman–Crippen LogP) is 2.86. The van der Waals surface area contributed by atoms with Crippen LogP contribution in [0.1, 0.15) is 38.2 Å². The first kappa shape index (κ1) is 15.3. The van der Waals surface area contributed by atoms with Gasteiger partial charge < -0.3 is 9.84 Å². The highest BCUT2D eigenvalue weighted by Gasteiger charge is 2.29. The maximum Gasteiger partial charge on any atom is 0.122 e. The number of aliphatic hydroxyl groups excluding tert-OH is 1. The van der Waals surface area contributed by atoms with E-state index in [2.05, 4.69) is 31.0 Å². The highest BCUT2D eigenvalue weighted by atomic mass is 16.5. The Morgan fingerprint density at radius 2 is 2.00 bits per heavy atom. The van der Waals surface area contributed by atoms with E-state index in [0.717, 1.165) is 31.4 Å². The topological polar surface area (TPSA) is 32.7 Å². The predicted molar refractivity (Wildman–Crippen MR) is 82.2 cm³/mol. The zero-order chi connectivity index (χ0) is 14.5. The van der Waals surface area contributed by atoms with Crippen LogP contribution in [0.25, 0.3) is 0 Å². The Morgan fingerprint density at radius 3 is 2.70 bits per heavy atom. The quantitative estimate of drug-likeness (QED) is 0.898. The summed E-state index contributed by atoms with van der Waals surface area (Å²) in [7, 11) is 3.86. The number of rotatable bonds is 5. The molecule has 112 valence electrons. The van der Waals surface area contributed by atoms with E-state index in [1.807, 2.05) is 12.1 Å². The standard InChI is InChI=1S/C17H27NO2/c1-13(12-14-8-4-7-11-17(14)20-3)18(2)15-9-5-6-10-16(15)19/h4,7-8,11,13,15-16,19H,5-6,9-10,12H2,1-3H3. The van der Waals surface area contributed by atoms with Gasteiger partial charge in [0.05, 0.1) is 13.2 Å². The van der Waals surface area contributed by atoms with E-state index < -0.39 is 0 Å². The summed E-state index contributed by atoms with van der Waals surface area (Å²) in [4.78, 5) is 2.34. The molecule has 2 rings (SSSR count). The van der Waals surface area contributed by atoms with E-state index in [1.54, 1.807) is 7.11 Å². The lowest BCUT2D eigenvalue weighted by molar-refractivity contribution is 0.0159. The summed E-state index contributed by atoms with van der Waals surface area (Å²) >= 11 is 0. The van der Waals surface area contributed by atoms with Crippen LogP contribution in [0.2, 0.25) is 0 Å². The van der Waals surface area contributed by atoms with Crippen molar-refractivity contribution in [1.82, 2.24) is 4.90 Å². The molecule has 1 aromatic carbocycles. The highest BCUT2D eigenvalue weighted by molar-refractivity contribution is 5.33. The first-order valence-corrected chi connectivity index (χ1v) is 7.65. The second kappa shape index (κ2) is 7.09. The van der Waals surface area contributed by atoms with Crippen molar-refractivity contribution >= 4 is 0 Å². The van der Waals surface area contributed by atoms with Crippen molar-refractivity contribution in [2.24, 2.45) is 0 Å². The van der Waals surface area contributed by atoms with Crippen LogP contribution in [0.3, 0.4) is 0 Å². The summed E-state index contributed by atoms with van der Waals surface area (Å²) in [6, 6.07) is 8.89. The molecule has 0 aromatic heterocycles. The number of hydrogen-bond acceptors (Lipinski definition) is 3. The van der Waals surface area contributed by atoms with Gasteiger partial charge >= 0.3 is 0 Å². The number of benzene rings is 1. The molecule has 0 saturated heterocycles. The number of ether oxygens (including phenoxy) is 1. The zero-order valence-electron chi connectivity index (χ0n) is 12.9. The Morgan fingerprint density at radius 1 is 1.30 bits per heavy atom. The zero-order valence-corrected chi connectivity index (χ0v) is 12.9. The van der Waals surface area contributed by atoms with Gasteiger partial charge in [-0.25, -0.2) is 0 Å². The third-order valence-corrected chi connectivity index (χ3v) is 4.62. The molecule has 0 amide bonds. The minimum atomic E-state index is -0.172. The molecule has 1 saturated carbocycles. The number of likely N-dealkylation sites (N-methyl/N-ethyl adjacent to an activating group) is 1. The van der Waals surface area contributed by atoms with Gasteiger partial charge in [0.1, 0.15) is 5.75 Å². The molecule has 1 fully saturated rings. The lowest BCUT2D eigenvalue weighted by atomic mass is 9.90. The third kappa shape index (κ3) is 3.53. The molecule has 0 heterocycles. The molecule has 0 radical (unpaired) electrons. The summed E-state index contributed by atoms with van der Waals surface area (Å²) in [6.45, 7) is 2.23. The van der Waals surface area contributed by atoms with Crippen molar-refractivity contribution in [3.63, 3.8) is 0 Å². The van der Waals surface area contributed by atoms with Crippen LogP contribution in [0, 0.1) is 0 Å². The van der Waals surface area contributed by atoms with Crippen LogP contribution in [0.4, 0.5) is 0 Å². The van der Waals surface area contributed by atoms with E-state index in [4.69, 9.17) is 4.74 Å². The fraction of sp³-hybridized carbons (Fsp3) is 0.647. The number of aliphatic hydroxyl groups is 1. The van der Waals surface area contributed by atoms with E-state index >= 15 is 0 Å². The molecule has 1 N–H and O–H groups in total. The average Bonchev–Trinajstić information content (AvgIpc) is 2.47. The minimum Gasteiger partial charge on any atom is -0.496 e. The van der Waals surface area contributed by atoms with Crippen molar-refractivity contribution in [3.05, 3.63) is 29.8 Å². The monoisotopic (exact) mass is 277 g/mol. The molecule has 1 aliphatic rings. The van der Waals surface area contributed by atoms with Crippen molar-refractivity contribution in [3.8, 4) is 5.75 Å². The molecule has 1 aliphatic carbocycles. The molecular weight excluding hydrogens is 250 g/mol. The number of para-hydroxylation sites is 1. The molecule has 20 heavy (non-hydrogen) atoms. The van der Waals surface area contributed by atoms with Crippen LogP contribution in [-0.2, 0) is 6.42 Å². The molecule has 3 atom stereocenters. The fourth-order valence-electron chi connectivity index (χ4n) is 3.23. The number of nitrogens with zero attached hydrogens (tertiary/aromatic N) is 1. The number of methoxy groups -OCH3 is 1. The summed E-state index contributed by atoms with van der Waals surface area (Å²) in [5.41, 5.74) is 1.24. The maximum absolute atomic E-state index is 10.2. The summed E-state index contributed by atoms with van der Waals surface area (Å²) in [5, 5.41) is 10.2. The van der Waals surface area contributed by atoms with E-state index in [-0.39, 0.29) is 6.10 Å². The van der Waals surface area contributed by atoms with Gasteiger partial charge in [0.25, 0.3) is 0 Å². The molecule has 0 spiro atoms. The largest absolute Gasteiger partial charge is 0.496 e. The van der Waals surface area contributed by atoms with Gasteiger partial charge in [-0.2, -0.15) is 0 Å². The Labute approximate surface area is 122 Å². The Bertz CT molecular complexity index is 421. The van der Waals surface area contributed by atoms with E-state index in [1.165, 1.54) is 12.0 Å². The van der Waals surface area contributed by atoms with Crippen LogP contribution in [0.5, 0.6) is 5.75 Å². The van der Waals surface area contributed by atoms with Crippen molar-refractivity contribution in [2.45, 2.75) is 57.2 Å². The first-order valence-electron chi connectivity index (χ1n) is 7.65. The van der Waals surface area contributed by atoms with Gasteiger partial charge in [-0.3, -0.25) is 4.90 Å². The molecule has 0 bridgehead atoms. The van der Waals surface area contributed by atoms with Gasteiger partial charge in [-0.15, -0.1) is 0 Å². The molecular formula is C17H27NO2. The van der Waals surface area contributed by atoms with E-state index in [9.17, 15) is 5.11 Å². The molecule has 3 heteroatoms. The SMILES string of the molecule is COc1ccccc1CC(C)N(C)C1CCCCC1O. The Hall–Kier alpha value is -1.06. The van der Waals surface area contributed by atoms with Gasteiger partial charge in [-0.05, 0) is 44.9 Å². The first-order chi connectivity index (χ1) is 9.63. The van der Waals surface area contributed by atoms with Crippen molar-refractivity contribution < 1.29 is 9.84 Å². The van der Waals surface area contributed by atoms with Gasteiger partial charge in [0, 0.05) is 12.1 Å². The minimum absolute atomic E-state index is 0.172. The molecule has 3 nitrogen and oxygen atoms in total. The normalized spacial score (nSPS) is 24.6. The molecule has 1 aromatic rings. The Kier molecular flexibility index (Phi) is 5.44. The average molecular weight is 277 g/mol. The lowest BCUT2D eigenvalue weighted by Gasteiger charge is -2.38. The smallest absolute Gasteiger partial charge is 0.122 e. The van der Waals surface area contributed by atoms with E-state index in [0.29, 0.717) is 12.1 Å². The maximum atomic E-state index is 10.2. The van der Waals surface area contributed by atoms with Crippen LogP contribution in [-0.4, -0.2) is 42.4 Å². The van der Waals surface area contributed by atoms with Gasteiger partial charge in [0.15, 0.2) is 0 Å². The van der Waals surface area contributed by atoms with Crippen molar-refractivity contribution in [2.75, 3.05) is 14.2 Å². The fourth-order valence-corrected chi connectivity index (χ4v) is 3.23. The van der Waals surface area contributed by atoms with Gasteiger partial charge in [0.2, 0.25) is 0 Å². The highest BCUT2D eigenvalue weighted by Crippen LogP contribution is 2.26. The Balaban J connectivity index is 2.01. The second-order valence-corrected chi connectivity index (χ2v) is 5.95. The van der Waals surface area contributed by atoms with Crippen LogP contribution < -0.4 is 4.74 Å². The van der Waals surface area contributed by atoms with Crippen molar-refractivity contribution in [1.29, 1.82) is 0 Å². The van der Waals surface area contributed by atoms with Crippen LogP contribution in [0.15, 0.2) is 24.3 Å². The van der Waals surface area contributed by atoms with Gasteiger partial charge in [-0.1, -0.05) is 31.0 Å². The van der Waals surface area contributed by atoms with Crippen LogP contribution >= 0.6 is 0 Å². The molecule has 0 aliphatic heterocycles. The lowest BCUT2D eigenvalue weighted by Crippen LogP contribution is -2.47.